The molecule has 1 N–H and O–H groups in total. The van der Waals surface area contributed by atoms with E-state index in [2.05, 4.69) is 0 Å². The van der Waals surface area contributed by atoms with Gasteiger partial charge in [0.25, 0.3) is 0 Å². The fraction of sp³-hybridized carbons (Fsp3) is 0.733. The van der Waals surface area contributed by atoms with Gasteiger partial charge in [-0.2, -0.15) is 0 Å². The molecule has 0 radical (unpaired) electrons. The molecule has 218 valence electrons. The van der Waals surface area contributed by atoms with E-state index in [0.29, 0.717) is 37.0 Å². The van der Waals surface area contributed by atoms with Gasteiger partial charge < -0.3 is 28.8 Å². The van der Waals surface area contributed by atoms with Crippen molar-refractivity contribution in [2.75, 3.05) is 13.7 Å². The van der Waals surface area contributed by atoms with Crippen molar-refractivity contribution < 1.29 is 48.0 Å². The van der Waals surface area contributed by atoms with Gasteiger partial charge in [-0.3, -0.25) is 14.4 Å². The molecule has 0 amide bonds. The Morgan fingerprint density at radius 1 is 1.20 bits per heavy atom. The monoisotopic (exact) mass is 558 g/mol. The molecule has 2 bridgehead atoms. The Bertz CT molecular complexity index is 1250. The molecule has 10 heteroatoms. The predicted molar refractivity (Wildman–Crippen MR) is 137 cm³/mol. The van der Waals surface area contributed by atoms with Gasteiger partial charge in [0.05, 0.1) is 30.1 Å². The summed E-state index contributed by atoms with van der Waals surface area (Å²) in [6.07, 6.45) is 4.89. The Balaban J connectivity index is 1.36. The largest absolute Gasteiger partial charge is 0.456 e. The van der Waals surface area contributed by atoms with Gasteiger partial charge in [-0.1, -0.05) is 13.8 Å². The van der Waals surface area contributed by atoms with Gasteiger partial charge >= 0.3 is 11.9 Å². The Kier molecular flexibility index (Phi) is 6.11. The summed E-state index contributed by atoms with van der Waals surface area (Å²) in [5, 5.41) is 10.3. The Labute approximate surface area is 233 Å². The number of rotatable bonds is 5. The van der Waals surface area contributed by atoms with Gasteiger partial charge in [-0.05, 0) is 51.7 Å². The summed E-state index contributed by atoms with van der Waals surface area (Å²) in [5.41, 5.74) is -3.46. The molecule has 0 aromatic heterocycles. The van der Waals surface area contributed by atoms with E-state index in [1.165, 1.54) is 7.11 Å². The summed E-state index contributed by atoms with van der Waals surface area (Å²) in [6.45, 7) is 6.86. The van der Waals surface area contributed by atoms with Crippen molar-refractivity contribution >= 4 is 23.5 Å². The topological polar surface area (TPSA) is 135 Å². The maximum absolute atomic E-state index is 14.2. The van der Waals surface area contributed by atoms with Crippen molar-refractivity contribution in [3.8, 4) is 0 Å². The maximum atomic E-state index is 14.2. The molecule has 6 aliphatic rings. The smallest absolute Gasteiger partial charge is 0.339 e. The highest BCUT2D eigenvalue weighted by Crippen LogP contribution is 2.64. The first-order valence-electron chi connectivity index (χ1n) is 14.2. The summed E-state index contributed by atoms with van der Waals surface area (Å²) in [6, 6.07) is 0. The normalized spacial score (nSPS) is 47.5. The number of Topliss-reactive ketones (excluding diaryl/α,β-unsaturated/α-hetero) is 2. The standard InChI is InChI=1S/C30H38O10/c1-16(10-18-11-17(2)25(35)37-18)23(33)26(3)8-9-28-14-29-20(27(4,15-31)38-21(29)12-22(32)39-29)7-6-19(28)24(34)30(13-26,36-5)40-28/h10-11,16,19-21,31H,6-9,12-15H2,1-5H3/t16-,19+,20+,21-,26+,27+,28+,29-,30-/m1/s1. The lowest BCUT2D eigenvalue weighted by Crippen LogP contribution is -2.51. The molecule has 0 aromatic rings. The third-order valence-electron chi connectivity index (χ3n) is 10.6. The lowest BCUT2D eigenvalue weighted by atomic mass is 9.64. The zero-order chi connectivity index (χ0) is 28.9. The molecule has 6 rings (SSSR count). The van der Waals surface area contributed by atoms with Gasteiger partial charge in [0.15, 0.2) is 5.78 Å². The summed E-state index contributed by atoms with van der Waals surface area (Å²) >= 11 is 0. The Morgan fingerprint density at radius 2 is 1.95 bits per heavy atom. The second kappa shape index (κ2) is 8.80. The molecule has 0 unspecified atom stereocenters. The molecule has 0 aromatic carbocycles. The molecule has 4 saturated heterocycles. The minimum atomic E-state index is -1.61. The number of allylic oxidation sites excluding steroid dienone is 2. The number of aliphatic hydroxyl groups is 1. The molecule has 2 spiro atoms. The highest BCUT2D eigenvalue weighted by Gasteiger charge is 2.75. The number of cyclic esters (lactones) is 1. The summed E-state index contributed by atoms with van der Waals surface area (Å²) in [4.78, 5) is 52.6. The van der Waals surface area contributed by atoms with E-state index in [9.17, 15) is 24.3 Å². The van der Waals surface area contributed by atoms with Gasteiger partial charge in [0.1, 0.15) is 23.2 Å². The zero-order valence-corrected chi connectivity index (χ0v) is 23.7. The number of methoxy groups -OCH3 is 1. The van der Waals surface area contributed by atoms with Crippen LogP contribution in [0.4, 0.5) is 0 Å². The summed E-state index contributed by atoms with van der Waals surface area (Å²) < 4.78 is 30.3. The molecule has 9 atom stereocenters. The Morgan fingerprint density at radius 3 is 2.60 bits per heavy atom. The number of hydrogen-bond donors (Lipinski definition) is 1. The molecule has 40 heavy (non-hydrogen) atoms. The van der Waals surface area contributed by atoms with Gasteiger partial charge in [-0.25, -0.2) is 4.79 Å². The SMILES string of the molecule is CO[C@@]12C[C@@](C)(C(=O)[C@H](C)C=C3C=C(C)C(=O)O3)CC[C@@]3(C[C@]45OC(=O)C[C@H]4O[C@@](C)(CO)[C@@H]5CC[C@H]3C1=O)O2. The van der Waals surface area contributed by atoms with Crippen LogP contribution in [0.25, 0.3) is 0 Å². The van der Waals surface area contributed by atoms with Crippen LogP contribution in [-0.4, -0.2) is 71.0 Å². The molecule has 10 nitrogen and oxygen atoms in total. The molecular weight excluding hydrogens is 520 g/mol. The van der Waals surface area contributed by atoms with E-state index in [1.54, 1.807) is 26.0 Å². The number of hydrogen-bond acceptors (Lipinski definition) is 10. The van der Waals surface area contributed by atoms with Crippen LogP contribution in [0.15, 0.2) is 23.5 Å². The molecule has 5 heterocycles. The van der Waals surface area contributed by atoms with Crippen LogP contribution in [0.1, 0.15) is 72.6 Å². The quantitative estimate of drug-likeness (QED) is 0.502. The van der Waals surface area contributed by atoms with Crippen molar-refractivity contribution in [1.82, 2.24) is 0 Å². The molecule has 1 aliphatic carbocycles. The van der Waals surface area contributed by atoms with Gasteiger partial charge in [-0.15, -0.1) is 0 Å². The van der Waals surface area contributed by atoms with E-state index in [4.69, 9.17) is 23.7 Å². The van der Waals surface area contributed by atoms with Crippen LogP contribution in [0.2, 0.25) is 0 Å². The lowest BCUT2D eigenvalue weighted by molar-refractivity contribution is -0.247. The second-order valence-corrected chi connectivity index (χ2v) is 13.2. The molecular formula is C30H38O10. The maximum Gasteiger partial charge on any atom is 0.339 e. The fourth-order valence-corrected chi connectivity index (χ4v) is 8.68. The third kappa shape index (κ3) is 3.68. The minimum Gasteiger partial charge on any atom is -0.456 e. The van der Waals surface area contributed by atoms with Crippen LogP contribution in [0.5, 0.6) is 0 Å². The first kappa shape index (κ1) is 27.8. The number of carbonyl (C=O) groups is 4. The summed E-state index contributed by atoms with van der Waals surface area (Å²) in [7, 11) is 1.44. The fourth-order valence-electron chi connectivity index (χ4n) is 8.68. The summed E-state index contributed by atoms with van der Waals surface area (Å²) in [5.74, 6) is -3.75. The van der Waals surface area contributed by atoms with E-state index < -0.39 is 51.9 Å². The molecule has 1 saturated carbocycles. The van der Waals surface area contributed by atoms with Crippen molar-refractivity contribution in [1.29, 1.82) is 0 Å². The zero-order valence-electron chi connectivity index (χ0n) is 23.7. The predicted octanol–water partition coefficient (Wildman–Crippen LogP) is 2.70. The number of ether oxygens (including phenoxy) is 5. The number of fused-ring (bicyclic) bond motifs is 1. The van der Waals surface area contributed by atoms with Gasteiger partial charge in [0, 0.05) is 42.8 Å². The number of ketones is 2. The first-order valence-corrected chi connectivity index (χ1v) is 14.2. The van der Waals surface area contributed by atoms with Crippen LogP contribution in [0, 0.1) is 23.2 Å². The second-order valence-electron chi connectivity index (χ2n) is 13.2. The highest BCUT2D eigenvalue weighted by molar-refractivity contribution is 5.95. The van der Waals surface area contributed by atoms with E-state index in [0.717, 1.165) is 0 Å². The molecule has 5 aliphatic heterocycles. The van der Waals surface area contributed by atoms with Crippen molar-refractivity contribution in [3.05, 3.63) is 23.5 Å². The third-order valence-corrected chi connectivity index (χ3v) is 10.6. The number of carbonyl (C=O) groups excluding carboxylic acids is 4. The van der Waals surface area contributed by atoms with Crippen molar-refractivity contribution in [3.63, 3.8) is 0 Å². The van der Waals surface area contributed by atoms with Crippen molar-refractivity contribution in [2.24, 2.45) is 23.2 Å². The average Bonchev–Trinajstić information content (AvgIpc) is 3.44. The van der Waals surface area contributed by atoms with Crippen molar-refractivity contribution in [2.45, 2.75) is 101 Å². The van der Waals surface area contributed by atoms with Crippen LogP contribution in [0.3, 0.4) is 0 Å². The lowest BCUT2D eigenvalue weighted by Gasteiger charge is -2.41. The minimum absolute atomic E-state index is 0.0546. The van der Waals surface area contributed by atoms with Crippen LogP contribution >= 0.6 is 0 Å². The number of aliphatic hydroxyl groups excluding tert-OH is 1. The molecule has 5 fully saturated rings. The van der Waals surface area contributed by atoms with E-state index >= 15 is 0 Å². The Hall–Kier alpha value is -2.40. The average molecular weight is 559 g/mol. The first-order chi connectivity index (χ1) is 18.8. The van der Waals surface area contributed by atoms with E-state index in [-0.39, 0.29) is 49.3 Å². The number of esters is 2. The highest BCUT2D eigenvalue weighted by atomic mass is 16.7. The van der Waals surface area contributed by atoms with E-state index in [1.807, 2.05) is 13.8 Å². The van der Waals surface area contributed by atoms with Crippen LogP contribution in [-0.2, 0) is 42.9 Å². The van der Waals surface area contributed by atoms with Gasteiger partial charge in [0.2, 0.25) is 5.79 Å². The van der Waals surface area contributed by atoms with Crippen LogP contribution < -0.4 is 0 Å².